The van der Waals surface area contributed by atoms with E-state index in [2.05, 4.69) is 17.6 Å². The lowest BCUT2D eigenvalue weighted by Crippen LogP contribution is -2.37. The molecule has 2 N–H and O–H groups in total. The summed E-state index contributed by atoms with van der Waals surface area (Å²) in [5.74, 6) is 0.977. The summed E-state index contributed by atoms with van der Waals surface area (Å²) in [6, 6.07) is 6.72. The maximum Gasteiger partial charge on any atom is 0.220 e. The van der Waals surface area contributed by atoms with Crippen LogP contribution < -0.4 is 10.6 Å². The van der Waals surface area contributed by atoms with Crippen molar-refractivity contribution in [2.45, 2.75) is 44.4 Å². The summed E-state index contributed by atoms with van der Waals surface area (Å²) in [5.41, 5.74) is 1.18. The molecule has 0 spiro atoms. The highest BCUT2D eigenvalue weighted by Crippen LogP contribution is 2.47. The van der Waals surface area contributed by atoms with Gasteiger partial charge in [0.1, 0.15) is 5.82 Å². The van der Waals surface area contributed by atoms with Gasteiger partial charge < -0.3 is 10.6 Å². The molecule has 0 bridgehead atoms. The summed E-state index contributed by atoms with van der Waals surface area (Å²) in [4.78, 5) is 12.3. The zero-order chi connectivity index (χ0) is 16.3. The molecule has 3 nitrogen and oxygen atoms in total. The Morgan fingerprint density at radius 1 is 1.39 bits per heavy atom. The van der Waals surface area contributed by atoms with Crippen LogP contribution in [0.25, 0.3) is 0 Å². The van der Waals surface area contributed by atoms with Crippen molar-refractivity contribution in [1.82, 2.24) is 10.6 Å². The van der Waals surface area contributed by atoms with Crippen LogP contribution in [0.15, 0.2) is 24.3 Å². The molecule has 1 heterocycles. The number of carbonyl (C=O) groups is 1. The Bertz CT molecular complexity index is 533. The van der Waals surface area contributed by atoms with Crippen LogP contribution in [-0.2, 0) is 10.2 Å². The third-order valence-corrected chi connectivity index (χ3v) is 5.58. The number of nitrogens with one attached hydrogen (secondary N) is 2. The average molecular weight is 318 g/mol. The number of rotatable bonds is 6. The Hall–Kier alpha value is -1.42. The fraction of sp³-hybridized carbons (Fsp3) is 0.632. The fourth-order valence-electron chi connectivity index (χ4n) is 3.69. The molecule has 2 atom stereocenters. The molecule has 2 aliphatic rings. The van der Waals surface area contributed by atoms with Crippen LogP contribution >= 0.6 is 0 Å². The molecule has 4 heteroatoms. The lowest BCUT2D eigenvalue weighted by Gasteiger charge is -2.28. The summed E-state index contributed by atoms with van der Waals surface area (Å²) < 4.78 is 13.1. The summed E-state index contributed by atoms with van der Waals surface area (Å²) >= 11 is 0. The molecule has 0 radical (unpaired) electrons. The van der Waals surface area contributed by atoms with Crippen LogP contribution in [0.5, 0.6) is 0 Å². The van der Waals surface area contributed by atoms with Gasteiger partial charge in [-0.25, -0.2) is 4.39 Å². The molecule has 1 saturated heterocycles. The van der Waals surface area contributed by atoms with Gasteiger partial charge in [0.05, 0.1) is 0 Å². The molecule has 126 valence electrons. The van der Waals surface area contributed by atoms with Gasteiger partial charge in [-0.2, -0.15) is 0 Å². The SMILES string of the molecule is CC(CC(=O)NCC1(c2ccc(F)cc2)CC1)C1CCCNC1. The van der Waals surface area contributed by atoms with E-state index in [1.165, 1.54) is 25.0 Å². The second kappa shape index (κ2) is 7.00. The minimum Gasteiger partial charge on any atom is -0.355 e. The van der Waals surface area contributed by atoms with Crippen LogP contribution in [0.1, 0.15) is 44.6 Å². The lowest BCUT2D eigenvalue weighted by atomic mass is 9.85. The van der Waals surface area contributed by atoms with Gasteiger partial charge in [-0.3, -0.25) is 4.79 Å². The highest BCUT2D eigenvalue weighted by Gasteiger charge is 2.44. The molecule has 1 aliphatic carbocycles. The summed E-state index contributed by atoms with van der Waals surface area (Å²) in [6.07, 6.45) is 5.18. The first-order valence-corrected chi connectivity index (χ1v) is 8.82. The molecular weight excluding hydrogens is 291 g/mol. The average Bonchev–Trinajstić information content (AvgIpc) is 3.35. The maximum atomic E-state index is 13.1. The van der Waals surface area contributed by atoms with E-state index in [0.29, 0.717) is 24.8 Å². The first kappa shape index (κ1) is 16.4. The van der Waals surface area contributed by atoms with Gasteiger partial charge in [0.15, 0.2) is 0 Å². The Morgan fingerprint density at radius 2 is 2.13 bits per heavy atom. The molecule has 3 rings (SSSR count). The third-order valence-electron chi connectivity index (χ3n) is 5.58. The van der Waals surface area contributed by atoms with Crippen molar-refractivity contribution >= 4 is 5.91 Å². The van der Waals surface area contributed by atoms with Crippen LogP contribution in [0, 0.1) is 17.7 Å². The number of hydrogen-bond acceptors (Lipinski definition) is 2. The van der Waals surface area contributed by atoms with Crippen molar-refractivity contribution < 1.29 is 9.18 Å². The maximum absolute atomic E-state index is 13.1. The Balaban J connectivity index is 1.48. The molecule has 0 aromatic heterocycles. The van der Waals surface area contributed by atoms with E-state index in [1.807, 2.05) is 12.1 Å². The van der Waals surface area contributed by atoms with Crippen molar-refractivity contribution in [1.29, 1.82) is 0 Å². The minimum atomic E-state index is -0.205. The first-order chi connectivity index (χ1) is 11.1. The van der Waals surface area contributed by atoms with Gasteiger partial charge in [0.2, 0.25) is 5.91 Å². The molecule has 1 amide bonds. The number of amides is 1. The largest absolute Gasteiger partial charge is 0.355 e. The van der Waals surface area contributed by atoms with E-state index < -0.39 is 0 Å². The molecule has 2 fully saturated rings. The van der Waals surface area contributed by atoms with Gasteiger partial charge in [-0.05, 0) is 68.3 Å². The molecular formula is C19H27FN2O. The number of halogens is 1. The van der Waals surface area contributed by atoms with E-state index in [0.717, 1.165) is 31.5 Å². The predicted octanol–water partition coefficient (Wildman–Crippen LogP) is 3.00. The van der Waals surface area contributed by atoms with E-state index in [-0.39, 0.29) is 17.1 Å². The van der Waals surface area contributed by atoms with Gasteiger partial charge in [0.25, 0.3) is 0 Å². The van der Waals surface area contributed by atoms with Gasteiger partial charge >= 0.3 is 0 Å². The summed E-state index contributed by atoms with van der Waals surface area (Å²) in [5, 5.41) is 6.53. The second-order valence-corrected chi connectivity index (χ2v) is 7.35. The quantitative estimate of drug-likeness (QED) is 0.846. The summed E-state index contributed by atoms with van der Waals surface area (Å²) in [6.45, 7) is 5.00. The molecule has 23 heavy (non-hydrogen) atoms. The normalized spacial score (nSPS) is 24.0. The Kier molecular flexibility index (Phi) is 5.00. The zero-order valence-electron chi connectivity index (χ0n) is 13.9. The number of benzene rings is 1. The van der Waals surface area contributed by atoms with Gasteiger partial charge in [-0.1, -0.05) is 19.1 Å². The third kappa shape index (κ3) is 4.11. The Morgan fingerprint density at radius 3 is 2.74 bits per heavy atom. The molecule has 2 unspecified atom stereocenters. The van der Waals surface area contributed by atoms with Crippen molar-refractivity contribution in [3.05, 3.63) is 35.6 Å². The predicted molar refractivity (Wildman–Crippen MR) is 89.7 cm³/mol. The van der Waals surface area contributed by atoms with E-state index in [4.69, 9.17) is 0 Å². The van der Waals surface area contributed by atoms with Crippen LogP contribution in [0.3, 0.4) is 0 Å². The van der Waals surface area contributed by atoms with Gasteiger partial charge in [-0.15, -0.1) is 0 Å². The summed E-state index contributed by atoms with van der Waals surface area (Å²) in [7, 11) is 0. The molecule has 1 aromatic carbocycles. The van der Waals surface area contributed by atoms with Crippen molar-refractivity contribution in [2.75, 3.05) is 19.6 Å². The highest BCUT2D eigenvalue weighted by molar-refractivity contribution is 5.76. The standard InChI is InChI=1S/C19H27FN2O/c1-14(15-3-2-10-21-12-15)11-18(23)22-13-19(8-9-19)16-4-6-17(20)7-5-16/h4-7,14-15,21H,2-3,8-13H2,1H3,(H,22,23). The van der Waals surface area contributed by atoms with Crippen molar-refractivity contribution in [3.63, 3.8) is 0 Å². The first-order valence-electron chi connectivity index (χ1n) is 8.82. The topological polar surface area (TPSA) is 41.1 Å². The van der Waals surface area contributed by atoms with Crippen molar-refractivity contribution in [2.24, 2.45) is 11.8 Å². The fourth-order valence-corrected chi connectivity index (χ4v) is 3.69. The Labute approximate surface area is 138 Å². The van der Waals surface area contributed by atoms with Crippen molar-refractivity contribution in [3.8, 4) is 0 Å². The number of carbonyl (C=O) groups excluding carboxylic acids is 1. The molecule has 1 aromatic rings. The zero-order valence-corrected chi connectivity index (χ0v) is 13.9. The van der Waals surface area contributed by atoms with E-state index >= 15 is 0 Å². The number of hydrogen-bond donors (Lipinski definition) is 2. The van der Waals surface area contributed by atoms with E-state index in [9.17, 15) is 9.18 Å². The second-order valence-electron chi connectivity index (χ2n) is 7.35. The van der Waals surface area contributed by atoms with Gasteiger partial charge in [0, 0.05) is 18.4 Å². The highest BCUT2D eigenvalue weighted by atomic mass is 19.1. The van der Waals surface area contributed by atoms with Crippen LogP contribution in [0.2, 0.25) is 0 Å². The molecule has 1 saturated carbocycles. The molecule has 1 aliphatic heterocycles. The van der Waals surface area contributed by atoms with Crippen LogP contribution in [-0.4, -0.2) is 25.5 Å². The minimum absolute atomic E-state index is 0.0407. The number of piperidine rings is 1. The smallest absolute Gasteiger partial charge is 0.220 e. The lowest BCUT2D eigenvalue weighted by molar-refractivity contribution is -0.122. The van der Waals surface area contributed by atoms with E-state index in [1.54, 1.807) is 0 Å². The van der Waals surface area contributed by atoms with Crippen LogP contribution in [0.4, 0.5) is 4.39 Å². The monoisotopic (exact) mass is 318 g/mol.